The summed E-state index contributed by atoms with van der Waals surface area (Å²) in [5.74, 6) is 8.87. The van der Waals surface area contributed by atoms with Crippen molar-refractivity contribution in [1.29, 1.82) is 0 Å². The Kier molecular flexibility index (Phi) is 8.71. The highest BCUT2D eigenvalue weighted by Crippen LogP contribution is 2.14. The Morgan fingerprint density at radius 1 is 1.04 bits per heavy atom. The van der Waals surface area contributed by atoms with E-state index in [0.717, 1.165) is 24.9 Å². The molecule has 2 aromatic rings. The third kappa shape index (κ3) is 5.94. The summed E-state index contributed by atoms with van der Waals surface area (Å²) in [6.07, 6.45) is 16.7. The van der Waals surface area contributed by atoms with Crippen molar-refractivity contribution in [2.75, 3.05) is 5.32 Å². The molecule has 0 radical (unpaired) electrons. The average Bonchev–Trinajstić information content (AvgIpc) is 2.73. The van der Waals surface area contributed by atoms with Crippen LogP contribution in [0.15, 0.2) is 48.5 Å². The number of nitrogens with one attached hydrogen (secondary N) is 1. The molecule has 0 aromatic heterocycles. The molecule has 0 saturated carbocycles. The second-order valence-electron chi connectivity index (χ2n) is 6.30. The molecule has 0 saturated heterocycles. The van der Waals surface area contributed by atoms with Crippen LogP contribution in [0.3, 0.4) is 0 Å². The number of rotatable bonds is 2. The predicted octanol–water partition coefficient (Wildman–Crippen LogP) is 4.76. The van der Waals surface area contributed by atoms with Crippen LogP contribution in [-0.2, 0) is 6.42 Å². The molecule has 0 heterocycles. The van der Waals surface area contributed by atoms with Gasteiger partial charge in [-0.15, -0.1) is 12.3 Å². The predicted molar refractivity (Wildman–Crippen MR) is 124 cm³/mol. The number of hydrogen-bond acceptors (Lipinski definition) is 1. The molecule has 2 aromatic carbocycles. The molecule has 0 aliphatic heterocycles. The topological polar surface area (TPSA) is 12.0 Å². The lowest BCUT2D eigenvalue weighted by Gasteiger charge is -2.13. The van der Waals surface area contributed by atoms with Gasteiger partial charge in [-0.3, -0.25) is 0 Å². The standard InChI is InChI=1S/C22H19N.C3H4.C2H6/c1-2-7-18-12-14-21(11-5-10-17(18)6-1)23-22-15-13-19-8-3-4-9-20(19)16-22;1-3-2;1-2/h1-2,6-9,12-16,21,23H,3-4,10H2;1H,2H3;1-2H3/b14-12-;;. The second kappa shape index (κ2) is 11.5. The zero-order valence-corrected chi connectivity index (χ0v) is 17.1. The molecule has 1 N–H and O–H groups in total. The normalized spacial score (nSPS) is 16.4. The first kappa shape index (κ1) is 21.1. The van der Waals surface area contributed by atoms with Gasteiger partial charge in [0.15, 0.2) is 0 Å². The summed E-state index contributed by atoms with van der Waals surface area (Å²) in [6.45, 7) is 5.65. The first-order valence-corrected chi connectivity index (χ1v) is 9.99. The molecule has 1 nitrogen and oxygen atoms in total. The molecule has 0 amide bonds. The number of benzene rings is 2. The Morgan fingerprint density at radius 2 is 1.75 bits per heavy atom. The molecule has 28 heavy (non-hydrogen) atoms. The Hall–Kier alpha value is -3.16. The van der Waals surface area contributed by atoms with E-state index in [1.165, 1.54) is 21.6 Å². The molecule has 0 fully saturated rings. The van der Waals surface area contributed by atoms with Crippen LogP contribution in [0, 0.1) is 24.2 Å². The Morgan fingerprint density at radius 3 is 2.54 bits per heavy atom. The van der Waals surface area contributed by atoms with Gasteiger partial charge in [0.2, 0.25) is 0 Å². The SMILES string of the molecule is C#CC.C1#CC(Nc2ccc3c(c2)=CCCC=3)/C=C\c2ccccc2C1.CC. The lowest BCUT2D eigenvalue weighted by molar-refractivity contribution is 1.11. The van der Waals surface area contributed by atoms with Crippen molar-refractivity contribution in [3.8, 4) is 24.2 Å². The molecular weight excluding hydrogens is 338 g/mol. The molecule has 4 rings (SSSR count). The van der Waals surface area contributed by atoms with Crippen LogP contribution < -0.4 is 15.8 Å². The summed E-state index contributed by atoms with van der Waals surface area (Å²) in [5, 5.41) is 6.21. The van der Waals surface area contributed by atoms with Crippen LogP contribution in [0.1, 0.15) is 44.7 Å². The summed E-state index contributed by atoms with van der Waals surface area (Å²) in [4.78, 5) is 0. The molecular formula is C27H29N. The zero-order valence-electron chi connectivity index (χ0n) is 17.1. The third-order valence-electron chi connectivity index (χ3n) is 4.36. The van der Waals surface area contributed by atoms with E-state index in [1.54, 1.807) is 6.92 Å². The van der Waals surface area contributed by atoms with Gasteiger partial charge in [0.25, 0.3) is 0 Å². The van der Waals surface area contributed by atoms with Gasteiger partial charge < -0.3 is 5.32 Å². The summed E-state index contributed by atoms with van der Waals surface area (Å²) in [6, 6.07) is 15.1. The third-order valence-corrected chi connectivity index (χ3v) is 4.36. The highest BCUT2D eigenvalue weighted by molar-refractivity contribution is 5.59. The van der Waals surface area contributed by atoms with Crippen molar-refractivity contribution >= 4 is 23.9 Å². The highest BCUT2D eigenvalue weighted by Gasteiger charge is 2.05. The van der Waals surface area contributed by atoms with Crippen LogP contribution in [0.2, 0.25) is 0 Å². The quantitative estimate of drug-likeness (QED) is 0.755. The summed E-state index contributed by atoms with van der Waals surface area (Å²) >= 11 is 0. The van der Waals surface area contributed by atoms with Gasteiger partial charge in [-0.2, -0.15) is 0 Å². The lowest BCUT2D eigenvalue weighted by atomic mass is 10.0. The fourth-order valence-corrected chi connectivity index (χ4v) is 3.13. The van der Waals surface area contributed by atoms with Gasteiger partial charge in [0.05, 0.1) is 0 Å². The molecule has 0 bridgehead atoms. The Labute approximate surface area is 169 Å². The van der Waals surface area contributed by atoms with E-state index in [9.17, 15) is 0 Å². The van der Waals surface area contributed by atoms with E-state index in [1.807, 2.05) is 13.8 Å². The number of fused-ring (bicyclic) bond motifs is 2. The van der Waals surface area contributed by atoms with E-state index in [2.05, 4.69) is 96.3 Å². The Balaban J connectivity index is 0.000000514. The molecule has 1 atom stereocenters. The molecule has 2 aliphatic carbocycles. The first-order valence-electron chi connectivity index (χ1n) is 9.99. The molecule has 1 heteroatoms. The van der Waals surface area contributed by atoms with Gasteiger partial charge in [0, 0.05) is 12.1 Å². The van der Waals surface area contributed by atoms with Gasteiger partial charge in [-0.1, -0.05) is 74.2 Å². The van der Waals surface area contributed by atoms with E-state index in [-0.39, 0.29) is 6.04 Å². The fourth-order valence-electron chi connectivity index (χ4n) is 3.13. The maximum Gasteiger partial charge on any atom is 0.107 e. The Bertz CT molecular complexity index is 1020. The smallest absolute Gasteiger partial charge is 0.107 e. The van der Waals surface area contributed by atoms with Crippen molar-refractivity contribution in [1.82, 2.24) is 0 Å². The minimum Gasteiger partial charge on any atom is -0.368 e. The van der Waals surface area contributed by atoms with Crippen molar-refractivity contribution in [2.24, 2.45) is 0 Å². The zero-order chi connectivity index (χ0) is 20.2. The van der Waals surface area contributed by atoms with Crippen molar-refractivity contribution < 1.29 is 0 Å². The lowest BCUT2D eigenvalue weighted by Crippen LogP contribution is -2.27. The van der Waals surface area contributed by atoms with Crippen molar-refractivity contribution in [3.63, 3.8) is 0 Å². The second-order valence-corrected chi connectivity index (χ2v) is 6.30. The molecule has 1 unspecified atom stereocenters. The first-order chi connectivity index (χ1) is 13.8. The van der Waals surface area contributed by atoms with Gasteiger partial charge in [-0.25, -0.2) is 0 Å². The van der Waals surface area contributed by atoms with Crippen LogP contribution in [0.25, 0.3) is 18.2 Å². The fraction of sp³-hybridized carbons (Fsp3) is 0.259. The number of hydrogen-bond donors (Lipinski definition) is 1. The van der Waals surface area contributed by atoms with Gasteiger partial charge in [-0.05, 0) is 59.5 Å². The summed E-state index contributed by atoms with van der Waals surface area (Å²) in [5.41, 5.74) is 3.70. The van der Waals surface area contributed by atoms with Crippen LogP contribution in [-0.4, -0.2) is 6.04 Å². The van der Waals surface area contributed by atoms with Crippen LogP contribution in [0.5, 0.6) is 0 Å². The maximum absolute atomic E-state index is 4.60. The van der Waals surface area contributed by atoms with E-state index < -0.39 is 0 Å². The van der Waals surface area contributed by atoms with E-state index >= 15 is 0 Å². The molecule has 2 aliphatic rings. The average molecular weight is 368 g/mol. The minimum atomic E-state index is 0.0500. The summed E-state index contributed by atoms with van der Waals surface area (Å²) < 4.78 is 0. The van der Waals surface area contributed by atoms with Crippen LogP contribution >= 0.6 is 0 Å². The highest BCUT2D eigenvalue weighted by atomic mass is 14.9. The van der Waals surface area contributed by atoms with E-state index in [0.29, 0.717) is 0 Å². The van der Waals surface area contributed by atoms with E-state index in [4.69, 9.17) is 0 Å². The minimum absolute atomic E-state index is 0.0500. The monoisotopic (exact) mass is 367 g/mol. The van der Waals surface area contributed by atoms with Gasteiger partial charge >= 0.3 is 0 Å². The van der Waals surface area contributed by atoms with Crippen molar-refractivity contribution in [3.05, 3.63) is 70.1 Å². The van der Waals surface area contributed by atoms with Crippen molar-refractivity contribution in [2.45, 2.75) is 46.1 Å². The number of terminal acetylenes is 1. The molecule has 142 valence electrons. The number of anilines is 1. The largest absolute Gasteiger partial charge is 0.368 e. The van der Waals surface area contributed by atoms with Crippen LogP contribution in [0.4, 0.5) is 5.69 Å². The molecule has 0 spiro atoms. The summed E-state index contributed by atoms with van der Waals surface area (Å²) in [7, 11) is 0. The maximum atomic E-state index is 4.60. The van der Waals surface area contributed by atoms with Gasteiger partial charge in [0.1, 0.15) is 6.04 Å².